The molecule has 0 heterocycles. The Balaban J connectivity index is 2.21. The molecule has 0 bridgehead atoms. The van der Waals surface area contributed by atoms with Crippen molar-refractivity contribution in [3.8, 4) is 0 Å². The number of fused-ring (bicyclic) bond motifs is 1. The lowest BCUT2D eigenvalue weighted by atomic mass is 9.94. The highest BCUT2D eigenvalue weighted by Gasteiger charge is 2.33. The second-order valence-corrected chi connectivity index (χ2v) is 5.20. The van der Waals surface area contributed by atoms with Gasteiger partial charge >= 0.3 is 6.18 Å². The van der Waals surface area contributed by atoms with Gasteiger partial charge in [0.15, 0.2) is 0 Å². The highest BCUT2D eigenvalue weighted by atomic mass is 19.4. The zero-order valence-corrected chi connectivity index (χ0v) is 11.7. The van der Waals surface area contributed by atoms with Gasteiger partial charge in [0, 0.05) is 11.1 Å². The number of nitrogens with two attached hydrogens (primary N) is 1. The van der Waals surface area contributed by atoms with Crippen molar-refractivity contribution in [1.29, 1.82) is 0 Å². The smallest absolute Gasteiger partial charge is 0.398 e. The van der Waals surface area contributed by atoms with Gasteiger partial charge < -0.3 is 5.73 Å². The minimum Gasteiger partial charge on any atom is -0.398 e. The molecular weight excluding hydrogens is 287 g/mol. The first kappa shape index (κ1) is 14.4. The van der Waals surface area contributed by atoms with Crippen molar-refractivity contribution in [3.05, 3.63) is 77.4 Å². The number of rotatable bonds is 2. The van der Waals surface area contributed by atoms with E-state index in [1.54, 1.807) is 18.2 Å². The van der Waals surface area contributed by atoms with Crippen molar-refractivity contribution >= 4 is 16.5 Å². The van der Waals surface area contributed by atoms with Gasteiger partial charge in [0.1, 0.15) is 0 Å². The molecule has 0 radical (unpaired) electrons. The minimum absolute atomic E-state index is 0.143. The second kappa shape index (κ2) is 5.37. The monoisotopic (exact) mass is 301 g/mol. The first-order valence-electron chi connectivity index (χ1n) is 6.88. The Morgan fingerprint density at radius 3 is 2.05 bits per heavy atom. The van der Waals surface area contributed by atoms with E-state index >= 15 is 0 Å². The van der Waals surface area contributed by atoms with E-state index in [2.05, 4.69) is 0 Å². The summed E-state index contributed by atoms with van der Waals surface area (Å²) in [5.74, 6) is 0. The molecule has 1 nitrogen and oxygen atoms in total. The van der Waals surface area contributed by atoms with Gasteiger partial charge in [-0.3, -0.25) is 0 Å². The van der Waals surface area contributed by atoms with Crippen LogP contribution in [0, 0.1) is 0 Å². The summed E-state index contributed by atoms with van der Waals surface area (Å²) in [5.41, 5.74) is 7.31. The van der Waals surface area contributed by atoms with Crippen molar-refractivity contribution in [2.45, 2.75) is 12.6 Å². The van der Waals surface area contributed by atoms with Crippen LogP contribution >= 0.6 is 0 Å². The summed E-state index contributed by atoms with van der Waals surface area (Å²) in [7, 11) is 0. The molecule has 0 spiro atoms. The fourth-order valence-corrected chi connectivity index (χ4v) is 2.65. The molecule has 112 valence electrons. The normalized spacial score (nSPS) is 11.8. The molecule has 0 fully saturated rings. The number of alkyl halides is 3. The van der Waals surface area contributed by atoms with Crippen LogP contribution < -0.4 is 5.73 Å². The van der Waals surface area contributed by atoms with Crippen molar-refractivity contribution in [1.82, 2.24) is 0 Å². The summed E-state index contributed by atoms with van der Waals surface area (Å²) < 4.78 is 40.0. The number of hydrogen-bond acceptors (Lipinski definition) is 1. The van der Waals surface area contributed by atoms with Gasteiger partial charge in [-0.15, -0.1) is 0 Å². The Hall–Kier alpha value is -2.49. The molecule has 4 heteroatoms. The maximum Gasteiger partial charge on any atom is 0.417 e. The van der Waals surface area contributed by atoms with E-state index in [0.29, 0.717) is 23.1 Å². The maximum atomic E-state index is 13.3. The average molecular weight is 301 g/mol. The van der Waals surface area contributed by atoms with Gasteiger partial charge in [-0.2, -0.15) is 13.2 Å². The topological polar surface area (TPSA) is 26.0 Å². The molecule has 0 saturated heterocycles. The minimum atomic E-state index is -4.40. The van der Waals surface area contributed by atoms with E-state index < -0.39 is 11.7 Å². The molecule has 0 unspecified atom stereocenters. The van der Waals surface area contributed by atoms with E-state index in [1.165, 1.54) is 12.1 Å². The summed E-state index contributed by atoms with van der Waals surface area (Å²) in [6, 6.07) is 16.9. The molecule has 0 aromatic heterocycles. The predicted molar refractivity (Wildman–Crippen MR) is 82.6 cm³/mol. The van der Waals surface area contributed by atoms with Gasteiger partial charge in [0.05, 0.1) is 5.56 Å². The number of anilines is 1. The lowest BCUT2D eigenvalue weighted by molar-refractivity contribution is -0.136. The van der Waals surface area contributed by atoms with E-state index in [-0.39, 0.29) is 5.39 Å². The third kappa shape index (κ3) is 2.64. The van der Waals surface area contributed by atoms with Gasteiger partial charge in [-0.1, -0.05) is 54.6 Å². The lowest BCUT2D eigenvalue weighted by Gasteiger charge is -2.16. The summed E-state index contributed by atoms with van der Waals surface area (Å²) in [6.07, 6.45) is -4.03. The van der Waals surface area contributed by atoms with Gasteiger partial charge in [-0.05, 0) is 29.0 Å². The second-order valence-electron chi connectivity index (χ2n) is 5.20. The summed E-state index contributed by atoms with van der Waals surface area (Å²) in [5, 5.41) is 0.590. The molecule has 0 aliphatic rings. The zero-order chi connectivity index (χ0) is 15.7. The van der Waals surface area contributed by atoms with Crippen molar-refractivity contribution < 1.29 is 13.2 Å². The van der Waals surface area contributed by atoms with Crippen LogP contribution in [0.4, 0.5) is 18.9 Å². The van der Waals surface area contributed by atoms with Crippen molar-refractivity contribution in [2.24, 2.45) is 0 Å². The molecule has 3 aromatic rings. The molecule has 22 heavy (non-hydrogen) atoms. The lowest BCUT2D eigenvalue weighted by Crippen LogP contribution is -2.09. The molecule has 0 saturated carbocycles. The fraction of sp³-hybridized carbons (Fsp3) is 0.111. The van der Waals surface area contributed by atoms with Gasteiger partial charge in [0.2, 0.25) is 0 Å². The Morgan fingerprint density at radius 2 is 1.41 bits per heavy atom. The highest BCUT2D eigenvalue weighted by molar-refractivity contribution is 5.97. The third-order valence-corrected chi connectivity index (χ3v) is 3.71. The van der Waals surface area contributed by atoms with Crippen LogP contribution in [-0.4, -0.2) is 0 Å². The largest absolute Gasteiger partial charge is 0.417 e. The first-order valence-corrected chi connectivity index (χ1v) is 6.88. The quantitative estimate of drug-likeness (QED) is 0.660. The Bertz CT molecular complexity index is 808. The zero-order valence-electron chi connectivity index (χ0n) is 11.7. The standard InChI is InChI=1S/C18H14F3N/c19-18(20,21)16-11-13(10-12-6-2-1-3-7-12)17(22)15-9-5-4-8-14(15)16/h1-9,11H,10,22H2. The number of halogens is 3. The first-order chi connectivity index (χ1) is 10.5. The molecule has 3 aromatic carbocycles. The van der Waals surface area contributed by atoms with Gasteiger partial charge in [-0.25, -0.2) is 0 Å². The van der Waals surface area contributed by atoms with Crippen LogP contribution in [0.15, 0.2) is 60.7 Å². The SMILES string of the molecule is Nc1c(Cc2ccccc2)cc(C(F)(F)F)c2ccccc12. The number of hydrogen-bond donors (Lipinski definition) is 1. The Morgan fingerprint density at radius 1 is 0.818 bits per heavy atom. The van der Waals surface area contributed by atoms with E-state index in [0.717, 1.165) is 5.56 Å². The summed E-state index contributed by atoms with van der Waals surface area (Å²) in [6.45, 7) is 0. The molecule has 0 atom stereocenters. The van der Waals surface area contributed by atoms with Crippen molar-refractivity contribution in [2.75, 3.05) is 5.73 Å². The third-order valence-electron chi connectivity index (χ3n) is 3.71. The van der Waals surface area contributed by atoms with Crippen LogP contribution in [0.1, 0.15) is 16.7 Å². The van der Waals surface area contributed by atoms with Crippen LogP contribution in [0.2, 0.25) is 0 Å². The number of nitrogen functional groups attached to an aromatic ring is 1. The van der Waals surface area contributed by atoms with Crippen LogP contribution in [0.25, 0.3) is 10.8 Å². The predicted octanol–water partition coefficient (Wildman–Crippen LogP) is 5.03. The average Bonchev–Trinajstić information content (AvgIpc) is 2.50. The summed E-state index contributed by atoms with van der Waals surface area (Å²) in [4.78, 5) is 0. The maximum absolute atomic E-state index is 13.3. The fourth-order valence-electron chi connectivity index (χ4n) is 2.65. The Kier molecular flexibility index (Phi) is 3.53. The highest BCUT2D eigenvalue weighted by Crippen LogP contribution is 2.39. The molecule has 3 rings (SSSR count). The summed E-state index contributed by atoms with van der Waals surface area (Å²) >= 11 is 0. The number of benzene rings is 3. The molecular formula is C18H14F3N. The molecule has 0 aliphatic carbocycles. The van der Waals surface area contributed by atoms with E-state index in [1.807, 2.05) is 30.3 Å². The Labute approximate surface area is 126 Å². The van der Waals surface area contributed by atoms with Crippen LogP contribution in [-0.2, 0) is 12.6 Å². The van der Waals surface area contributed by atoms with Crippen LogP contribution in [0.5, 0.6) is 0 Å². The molecule has 0 amide bonds. The van der Waals surface area contributed by atoms with Crippen LogP contribution in [0.3, 0.4) is 0 Å². The van der Waals surface area contributed by atoms with E-state index in [4.69, 9.17) is 5.73 Å². The van der Waals surface area contributed by atoms with E-state index in [9.17, 15) is 13.2 Å². The molecule has 0 aliphatic heterocycles. The molecule has 2 N–H and O–H groups in total. The van der Waals surface area contributed by atoms with Crippen molar-refractivity contribution in [3.63, 3.8) is 0 Å². The van der Waals surface area contributed by atoms with Gasteiger partial charge in [0.25, 0.3) is 0 Å².